The number of rotatable bonds is 9. The molecule has 0 saturated heterocycles. The van der Waals surface area contributed by atoms with Crippen LogP contribution in [0.1, 0.15) is 0 Å². The predicted molar refractivity (Wildman–Crippen MR) is 585 cm³/mol. The molecule has 9 nitrogen and oxygen atoms in total. The van der Waals surface area contributed by atoms with Crippen LogP contribution in [0, 0.1) is 0 Å². The van der Waals surface area contributed by atoms with Crippen molar-refractivity contribution in [3.8, 4) is 84.7 Å². The fourth-order valence-corrected chi connectivity index (χ4v) is 24.9. The summed E-state index contributed by atoms with van der Waals surface area (Å²) in [5.41, 5.74) is 22.9. The lowest BCUT2D eigenvalue weighted by atomic mass is 9.93. The highest BCUT2D eigenvalue weighted by Crippen LogP contribution is 2.52. The maximum absolute atomic E-state index is 5.43. The van der Waals surface area contributed by atoms with Gasteiger partial charge in [0.25, 0.3) is 0 Å². The van der Waals surface area contributed by atoms with Gasteiger partial charge in [-0.1, -0.05) is 346 Å². The van der Waals surface area contributed by atoms with Crippen molar-refractivity contribution in [1.82, 2.24) is 43.6 Å². The van der Waals surface area contributed by atoms with E-state index in [1.807, 2.05) is 41.0 Å². The van der Waals surface area contributed by atoms with E-state index in [1.165, 1.54) is 159 Å². The summed E-state index contributed by atoms with van der Waals surface area (Å²) in [5.74, 6) is 2.24. The third-order valence-corrected chi connectivity index (χ3v) is 31.0. The predicted octanol–water partition coefficient (Wildman–Crippen LogP) is 34.7. The number of para-hydroxylation sites is 3. The molecule has 0 bridgehead atoms. The average Bonchev–Trinajstić information content (AvgIpc) is 1.53. The molecule has 0 spiro atoms. The molecule has 0 aliphatic rings. The van der Waals surface area contributed by atoms with Crippen LogP contribution in [0.25, 0.3) is 276 Å². The van der Waals surface area contributed by atoms with Gasteiger partial charge >= 0.3 is 0 Å². The molecule has 0 atom stereocenters. The van der Waals surface area contributed by atoms with Gasteiger partial charge < -0.3 is 4.57 Å². The number of nitrogens with zero attached hydrogens (tertiary/aromatic N) is 9. The third-order valence-electron chi connectivity index (χ3n) is 27.5. The highest BCUT2D eigenvalue weighted by Gasteiger charge is 2.28. The van der Waals surface area contributed by atoms with E-state index in [0.717, 1.165) is 105 Å². The fraction of sp³-hybridized carbons (Fsp3) is 0. The minimum Gasteiger partial charge on any atom is -0.307 e. The van der Waals surface area contributed by atoms with Crippen LogP contribution >= 0.6 is 34.0 Å². The number of thiophene rings is 3. The standard InChI is InChI=1S/C46H27N3S.C44H27N3S.C36H21N3S/c1-3-13-30-25-32(23-21-28(30)11-1)38-27-41(48-46(47-38)33-24-22-29-12-2-4-14-31(29)26-33)49-39-19-9-7-17-36(39)42-43-37-18-8-10-20-40(37)50-45(43)35-16-6-5-15-34(35)44(42)49;1-3-11-28(12-4-1)32-23-33(29-13-5-2-6-14-29)25-34(24-32)31-15-9-17-35(26-31)47-38-21-20-30-16-10-22-45-42(30)41(38)43-39(47)27-37-36-18-7-8-19-40(36)48-44(37)46-43;1-2-12-22(13-3-1)33-25-16-6-9-19-28(25)37-36(38-33)39-29-20-10-7-17-26(29)31-23-14-4-5-15-24(23)32-27-18-8-11-21-30(27)40-35(32)34(31)39/h1-27H;1-27H;1-21H. The van der Waals surface area contributed by atoms with Crippen LogP contribution in [-0.2, 0) is 0 Å². The van der Waals surface area contributed by atoms with Crippen molar-refractivity contribution in [3.05, 3.63) is 455 Å². The maximum atomic E-state index is 5.43. The van der Waals surface area contributed by atoms with E-state index in [-0.39, 0.29) is 0 Å². The van der Waals surface area contributed by atoms with Crippen LogP contribution in [0.3, 0.4) is 0 Å². The van der Waals surface area contributed by atoms with Crippen molar-refractivity contribution in [2.24, 2.45) is 0 Å². The van der Waals surface area contributed by atoms with Gasteiger partial charge in [0, 0.05) is 129 Å². The van der Waals surface area contributed by atoms with E-state index in [9.17, 15) is 0 Å². The summed E-state index contributed by atoms with van der Waals surface area (Å²) in [6, 6.07) is 160. The fourth-order valence-electron chi connectivity index (χ4n) is 21.3. The molecule has 10 heterocycles. The Morgan fingerprint density at radius 2 is 0.732 bits per heavy atom. The second-order valence-corrected chi connectivity index (χ2v) is 38.6. The van der Waals surface area contributed by atoms with Crippen LogP contribution in [0.15, 0.2) is 455 Å². The number of pyridine rings is 2. The Labute approximate surface area is 802 Å². The molecular formula is C126H75N9S3. The van der Waals surface area contributed by atoms with E-state index in [1.54, 1.807) is 11.3 Å². The topological polar surface area (TPSA) is 92.1 Å². The van der Waals surface area contributed by atoms with Crippen molar-refractivity contribution in [2.45, 2.75) is 0 Å². The Bertz CT molecular complexity index is 10100. The summed E-state index contributed by atoms with van der Waals surface area (Å²) in [5, 5.41) is 25.6. The van der Waals surface area contributed by atoms with Crippen LogP contribution in [0.2, 0.25) is 0 Å². The zero-order valence-corrected chi connectivity index (χ0v) is 76.5. The summed E-state index contributed by atoms with van der Waals surface area (Å²) in [4.78, 5) is 32.5. The molecule has 30 rings (SSSR count). The minimum absolute atomic E-state index is 0.692. The minimum atomic E-state index is 0.692. The average molecular weight is 1810 g/mol. The molecule has 0 aliphatic carbocycles. The molecule has 0 radical (unpaired) electrons. The van der Waals surface area contributed by atoms with Crippen molar-refractivity contribution in [3.63, 3.8) is 0 Å². The first-order valence-electron chi connectivity index (χ1n) is 46.5. The largest absolute Gasteiger partial charge is 0.307 e. The van der Waals surface area contributed by atoms with Crippen LogP contribution < -0.4 is 0 Å². The van der Waals surface area contributed by atoms with Gasteiger partial charge in [0.1, 0.15) is 16.2 Å². The molecule has 642 valence electrons. The Morgan fingerprint density at radius 1 is 0.217 bits per heavy atom. The molecule has 0 saturated carbocycles. The van der Waals surface area contributed by atoms with E-state index < -0.39 is 0 Å². The van der Waals surface area contributed by atoms with Gasteiger partial charge in [-0.05, 0) is 163 Å². The third kappa shape index (κ3) is 12.9. The second kappa shape index (κ2) is 32.1. The quantitative estimate of drug-likeness (QED) is 0.143. The summed E-state index contributed by atoms with van der Waals surface area (Å²) in [6.45, 7) is 0. The van der Waals surface area contributed by atoms with Crippen molar-refractivity contribution in [1.29, 1.82) is 0 Å². The van der Waals surface area contributed by atoms with Crippen molar-refractivity contribution in [2.75, 3.05) is 0 Å². The molecule has 0 N–H and O–H groups in total. The van der Waals surface area contributed by atoms with Gasteiger partial charge in [0.15, 0.2) is 5.82 Å². The normalized spacial score (nSPS) is 11.9. The van der Waals surface area contributed by atoms with Gasteiger partial charge in [-0.15, -0.1) is 34.0 Å². The van der Waals surface area contributed by atoms with E-state index >= 15 is 0 Å². The zero-order valence-electron chi connectivity index (χ0n) is 74.1. The number of hydrogen-bond donors (Lipinski definition) is 0. The second-order valence-electron chi connectivity index (χ2n) is 35.4. The summed E-state index contributed by atoms with van der Waals surface area (Å²) in [7, 11) is 0. The van der Waals surface area contributed by atoms with E-state index in [2.05, 4.69) is 450 Å². The molecular weight excluding hydrogens is 1740 g/mol. The molecule has 138 heavy (non-hydrogen) atoms. The highest BCUT2D eigenvalue weighted by molar-refractivity contribution is 7.27. The summed E-state index contributed by atoms with van der Waals surface area (Å²) < 4.78 is 13.5. The molecule has 10 aromatic heterocycles. The lowest BCUT2D eigenvalue weighted by Crippen LogP contribution is -2.03. The summed E-state index contributed by atoms with van der Waals surface area (Å²) in [6.07, 6.45) is 1.88. The molecule has 0 unspecified atom stereocenters. The first-order chi connectivity index (χ1) is 68.4. The molecule has 12 heteroatoms. The van der Waals surface area contributed by atoms with Gasteiger partial charge in [-0.25, -0.2) is 24.9 Å². The SMILES string of the molecule is c1ccc(-c2cc(-c3ccccc3)cc(-c3cccc(-n4c5cc6c(nc5c5c7ncccc7ccc54)sc4ccccc46)c3)c2)cc1.c1ccc(-c2nc(-n3c4ccccc4c4c5ccccc5c5c6ccccc6sc5c43)nc3ccccc23)cc1.c1ccc2cc(-c3cc(-n4c5ccccc5c5c6c7ccccc7sc6c6ccccc6c54)nc(-c4ccc5ccccc5c4)n3)ccc2c1. The maximum Gasteiger partial charge on any atom is 0.235 e. The molecule has 20 aromatic carbocycles. The zero-order chi connectivity index (χ0) is 90.6. The molecule has 0 aliphatic heterocycles. The molecule has 0 amide bonds. The number of hydrogen-bond acceptors (Lipinski definition) is 9. The summed E-state index contributed by atoms with van der Waals surface area (Å²) >= 11 is 5.50. The number of aromatic nitrogens is 9. The van der Waals surface area contributed by atoms with E-state index in [0.29, 0.717) is 11.8 Å². The van der Waals surface area contributed by atoms with Gasteiger partial charge in [-0.2, -0.15) is 0 Å². The lowest BCUT2D eigenvalue weighted by Gasteiger charge is -2.14. The van der Waals surface area contributed by atoms with Gasteiger partial charge in [0.2, 0.25) is 5.95 Å². The Hall–Kier alpha value is -17.5. The smallest absolute Gasteiger partial charge is 0.235 e. The first-order valence-corrected chi connectivity index (χ1v) is 49.0. The van der Waals surface area contributed by atoms with Crippen LogP contribution in [-0.4, -0.2) is 43.6 Å². The van der Waals surface area contributed by atoms with Gasteiger partial charge in [-0.3, -0.25) is 14.1 Å². The monoisotopic (exact) mass is 1810 g/mol. The first kappa shape index (κ1) is 79.1. The number of benzene rings is 20. The Kier molecular flexibility index (Phi) is 18.4. The van der Waals surface area contributed by atoms with Crippen molar-refractivity contribution >= 4 is 225 Å². The number of fused-ring (bicyclic) bond motifs is 31. The molecule has 30 aromatic rings. The highest BCUT2D eigenvalue weighted by atomic mass is 32.1. The van der Waals surface area contributed by atoms with Crippen LogP contribution in [0.5, 0.6) is 0 Å². The van der Waals surface area contributed by atoms with Crippen molar-refractivity contribution < 1.29 is 0 Å². The molecule has 0 fully saturated rings. The lowest BCUT2D eigenvalue weighted by molar-refractivity contribution is 1.02. The van der Waals surface area contributed by atoms with Crippen LogP contribution in [0.4, 0.5) is 0 Å². The Morgan fingerprint density at radius 3 is 1.43 bits per heavy atom. The van der Waals surface area contributed by atoms with E-state index in [4.69, 9.17) is 29.9 Å². The Balaban J connectivity index is 0.000000103. The van der Waals surface area contributed by atoms with Gasteiger partial charge in [0.05, 0.1) is 65.6 Å².